The van der Waals surface area contributed by atoms with Crippen molar-refractivity contribution in [3.05, 3.63) is 0 Å². The Morgan fingerprint density at radius 3 is 2.50 bits per heavy atom. The predicted octanol–water partition coefficient (Wildman–Crippen LogP) is 1.30. The van der Waals surface area contributed by atoms with E-state index >= 15 is 0 Å². The summed E-state index contributed by atoms with van der Waals surface area (Å²) in [6.45, 7) is 3.02. The van der Waals surface area contributed by atoms with Crippen LogP contribution in [-0.4, -0.2) is 60.4 Å². The van der Waals surface area contributed by atoms with Crippen LogP contribution in [0.4, 0.5) is 0 Å². The number of carbonyl (C=O) groups is 1. The van der Waals surface area contributed by atoms with Gasteiger partial charge in [-0.05, 0) is 63.8 Å². The molecule has 5 nitrogen and oxygen atoms in total. The fourth-order valence-electron chi connectivity index (χ4n) is 4.31. The number of ether oxygens (including phenoxy) is 1. The van der Waals surface area contributed by atoms with Gasteiger partial charge in [0.25, 0.3) is 0 Å². The topological polar surface area (TPSA) is 61.8 Å². The minimum absolute atomic E-state index is 0.0682. The average Bonchev–Trinajstić information content (AvgIpc) is 3.06. The first-order valence-corrected chi connectivity index (χ1v) is 9.02. The number of nitrogens with zero attached hydrogens (tertiary/aromatic N) is 1. The van der Waals surface area contributed by atoms with Crippen LogP contribution in [0, 0.1) is 5.92 Å². The van der Waals surface area contributed by atoms with Crippen LogP contribution in [0.1, 0.15) is 51.4 Å². The van der Waals surface area contributed by atoms with Gasteiger partial charge in [-0.3, -0.25) is 9.69 Å². The Kier molecular flexibility index (Phi) is 5.71. The maximum atomic E-state index is 12.7. The standard InChI is InChI=1S/C17H30N2O3/c20-12-13-3-5-14(6-4-13)18-17(21)16-2-1-9-19(16)15-7-10-22-11-8-15/h13-16,20H,1-12H2,(H,18,21). The summed E-state index contributed by atoms with van der Waals surface area (Å²) in [6, 6.07) is 0.906. The first-order valence-electron chi connectivity index (χ1n) is 9.02. The van der Waals surface area contributed by atoms with Gasteiger partial charge in [0.15, 0.2) is 0 Å². The lowest BCUT2D eigenvalue weighted by Crippen LogP contribution is -2.51. The number of nitrogens with one attached hydrogen (secondary N) is 1. The zero-order chi connectivity index (χ0) is 15.4. The third-order valence-electron chi connectivity index (χ3n) is 5.71. The molecule has 1 saturated carbocycles. The van der Waals surface area contributed by atoms with Crippen molar-refractivity contribution in [2.24, 2.45) is 5.92 Å². The van der Waals surface area contributed by atoms with Crippen LogP contribution in [0.5, 0.6) is 0 Å². The van der Waals surface area contributed by atoms with Gasteiger partial charge < -0.3 is 15.2 Å². The molecule has 2 saturated heterocycles. The summed E-state index contributed by atoms with van der Waals surface area (Å²) in [7, 11) is 0. The third-order valence-corrected chi connectivity index (χ3v) is 5.71. The molecule has 2 heterocycles. The van der Waals surface area contributed by atoms with E-state index in [2.05, 4.69) is 10.2 Å². The first kappa shape index (κ1) is 16.2. The Labute approximate surface area is 133 Å². The molecule has 22 heavy (non-hydrogen) atoms. The number of likely N-dealkylation sites (tertiary alicyclic amines) is 1. The van der Waals surface area contributed by atoms with Crippen molar-refractivity contribution < 1.29 is 14.6 Å². The lowest BCUT2D eigenvalue weighted by Gasteiger charge is -2.36. The van der Waals surface area contributed by atoms with Gasteiger partial charge in [0, 0.05) is 31.9 Å². The molecule has 0 radical (unpaired) electrons. The third kappa shape index (κ3) is 3.81. The van der Waals surface area contributed by atoms with Gasteiger partial charge in [-0.15, -0.1) is 0 Å². The number of amides is 1. The zero-order valence-electron chi connectivity index (χ0n) is 13.5. The summed E-state index contributed by atoms with van der Waals surface area (Å²) in [5, 5.41) is 12.5. The van der Waals surface area contributed by atoms with E-state index < -0.39 is 0 Å². The van der Waals surface area contributed by atoms with E-state index in [0.29, 0.717) is 24.6 Å². The van der Waals surface area contributed by atoms with E-state index in [9.17, 15) is 9.90 Å². The summed E-state index contributed by atoms with van der Waals surface area (Å²) in [5.41, 5.74) is 0. The highest BCUT2D eigenvalue weighted by Gasteiger charge is 2.36. The number of hydrogen-bond donors (Lipinski definition) is 2. The number of hydrogen-bond acceptors (Lipinski definition) is 4. The van der Waals surface area contributed by atoms with E-state index in [1.165, 1.54) is 0 Å². The van der Waals surface area contributed by atoms with Crippen LogP contribution >= 0.6 is 0 Å². The van der Waals surface area contributed by atoms with Gasteiger partial charge in [-0.25, -0.2) is 0 Å². The molecule has 0 aromatic heterocycles. The quantitative estimate of drug-likeness (QED) is 0.821. The second-order valence-electron chi connectivity index (χ2n) is 7.15. The van der Waals surface area contributed by atoms with Crippen molar-refractivity contribution >= 4 is 5.91 Å². The average molecular weight is 310 g/mol. The fraction of sp³-hybridized carbons (Fsp3) is 0.941. The Hall–Kier alpha value is -0.650. The maximum absolute atomic E-state index is 12.7. The smallest absolute Gasteiger partial charge is 0.237 e. The van der Waals surface area contributed by atoms with Crippen LogP contribution in [0.2, 0.25) is 0 Å². The summed E-state index contributed by atoms with van der Waals surface area (Å²) in [4.78, 5) is 15.1. The zero-order valence-corrected chi connectivity index (χ0v) is 13.5. The monoisotopic (exact) mass is 310 g/mol. The molecule has 5 heteroatoms. The van der Waals surface area contributed by atoms with E-state index in [1.807, 2.05) is 0 Å². The van der Waals surface area contributed by atoms with Crippen molar-refractivity contribution in [1.82, 2.24) is 10.2 Å². The molecule has 0 spiro atoms. The molecular weight excluding hydrogens is 280 g/mol. The molecule has 2 N–H and O–H groups in total. The van der Waals surface area contributed by atoms with Crippen LogP contribution in [0.3, 0.4) is 0 Å². The highest BCUT2D eigenvalue weighted by atomic mass is 16.5. The molecule has 3 fully saturated rings. The highest BCUT2D eigenvalue weighted by molar-refractivity contribution is 5.82. The second-order valence-corrected chi connectivity index (χ2v) is 7.15. The molecule has 0 bridgehead atoms. The van der Waals surface area contributed by atoms with Crippen molar-refractivity contribution in [3.63, 3.8) is 0 Å². The summed E-state index contributed by atoms with van der Waals surface area (Å²) in [5.74, 6) is 0.676. The predicted molar refractivity (Wildman–Crippen MR) is 84.5 cm³/mol. The van der Waals surface area contributed by atoms with E-state index in [-0.39, 0.29) is 11.9 Å². The van der Waals surface area contributed by atoms with Crippen molar-refractivity contribution in [2.45, 2.75) is 69.5 Å². The largest absolute Gasteiger partial charge is 0.396 e. The molecule has 2 aliphatic heterocycles. The lowest BCUT2D eigenvalue weighted by atomic mass is 9.86. The van der Waals surface area contributed by atoms with Gasteiger partial charge in [-0.1, -0.05) is 0 Å². The van der Waals surface area contributed by atoms with Crippen molar-refractivity contribution in [2.75, 3.05) is 26.4 Å². The van der Waals surface area contributed by atoms with Crippen LogP contribution < -0.4 is 5.32 Å². The van der Waals surface area contributed by atoms with E-state index in [4.69, 9.17) is 4.74 Å². The van der Waals surface area contributed by atoms with Crippen molar-refractivity contribution in [1.29, 1.82) is 0 Å². The molecule has 1 atom stereocenters. The Balaban J connectivity index is 1.50. The van der Waals surface area contributed by atoms with Crippen LogP contribution in [-0.2, 0) is 9.53 Å². The molecule has 3 aliphatic rings. The minimum atomic E-state index is 0.0682. The van der Waals surface area contributed by atoms with Gasteiger partial charge in [0.1, 0.15) is 0 Å². The molecule has 3 rings (SSSR count). The van der Waals surface area contributed by atoms with Gasteiger partial charge >= 0.3 is 0 Å². The molecule has 1 aliphatic carbocycles. The normalized spacial score (nSPS) is 34.7. The lowest BCUT2D eigenvalue weighted by molar-refractivity contribution is -0.128. The minimum Gasteiger partial charge on any atom is -0.396 e. The number of aliphatic hydroxyl groups excluding tert-OH is 1. The molecular formula is C17H30N2O3. The van der Waals surface area contributed by atoms with E-state index in [0.717, 1.165) is 71.1 Å². The molecule has 0 aromatic carbocycles. The molecule has 0 aromatic rings. The number of rotatable bonds is 4. The Morgan fingerprint density at radius 1 is 1.09 bits per heavy atom. The highest BCUT2D eigenvalue weighted by Crippen LogP contribution is 2.27. The molecule has 1 amide bonds. The number of aliphatic hydroxyl groups is 1. The van der Waals surface area contributed by atoms with Crippen molar-refractivity contribution in [3.8, 4) is 0 Å². The summed E-state index contributed by atoms with van der Waals surface area (Å²) in [6.07, 6.45) is 8.35. The van der Waals surface area contributed by atoms with Crippen LogP contribution in [0.15, 0.2) is 0 Å². The fourth-order valence-corrected chi connectivity index (χ4v) is 4.31. The SMILES string of the molecule is O=C(NC1CCC(CO)CC1)C1CCCN1C1CCOCC1. The van der Waals surface area contributed by atoms with Gasteiger partial charge in [0.05, 0.1) is 6.04 Å². The number of carbonyl (C=O) groups excluding carboxylic acids is 1. The van der Waals surface area contributed by atoms with Gasteiger partial charge in [0.2, 0.25) is 5.91 Å². The Bertz CT molecular complexity index is 363. The molecule has 1 unspecified atom stereocenters. The Morgan fingerprint density at radius 2 is 1.82 bits per heavy atom. The van der Waals surface area contributed by atoms with Gasteiger partial charge in [-0.2, -0.15) is 0 Å². The molecule has 126 valence electrons. The summed E-state index contributed by atoms with van der Waals surface area (Å²) < 4.78 is 5.45. The second kappa shape index (κ2) is 7.75. The summed E-state index contributed by atoms with van der Waals surface area (Å²) >= 11 is 0. The first-order chi connectivity index (χ1) is 10.8. The maximum Gasteiger partial charge on any atom is 0.237 e. The van der Waals surface area contributed by atoms with E-state index in [1.54, 1.807) is 0 Å². The van der Waals surface area contributed by atoms with Crippen LogP contribution in [0.25, 0.3) is 0 Å².